The summed E-state index contributed by atoms with van der Waals surface area (Å²) in [6.07, 6.45) is 1.63. The number of benzene rings is 2. The molecule has 1 saturated heterocycles. The van der Waals surface area contributed by atoms with Crippen molar-refractivity contribution in [2.75, 3.05) is 36.5 Å². The number of nitrogens with one attached hydrogen (secondary N) is 2. The Labute approximate surface area is 194 Å². The van der Waals surface area contributed by atoms with E-state index in [2.05, 4.69) is 27.3 Å². The van der Waals surface area contributed by atoms with Gasteiger partial charge in [-0.15, -0.1) is 0 Å². The van der Waals surface area contributed by atoms with Crippen LogP contribution in [0.15, 0.2) is 65.6 Å². The van der Waals surface area contributed by atoms with E-state index < -0.39 is 0 Å². The number of fused-ring (bicyclic) bond motifs is 1. The van der Waals surface area contributed by atoms with Gasteiger partial charge in [-0.2, -0.15) is 0 Å². The van der Waals surface area contributed by atoms with Gasteiger partial charge < -0.3 is 19.9 Å². The molecular weight excluding hydrogens is 447 g/mol. The quantitative estimate of drug-likeness (QED) is 0.416. The first-order valence-corrected chi connectivity index (χ1v) is 11.0. The summed E-state index contributed by atoms with van der Waals surface area (Å²) in [5.74, 6) is 0.476. The Balaban J connectivity index is 1.53. The maximum atomic E-state index is 12.6. The van der Waals surface area contributed by atoms with Gasteiger partial charge in [0.15, 0.2) is 0 Å². The van der Waals surface area contributed by atoms with Gasteiger partial charge in [0.25, 0.3) is 5.56 Å². The van der Waals surface area contributed by atoms with E-state index in [4.69, 9.17) is 32.9 Å². The van der Waals surface area contributed by atoms with Crippen LogP contribution in [0.3, 0.4) is 0 Å². The molecule has 3 heterocycles. The molecule has 162 valence electrons. The molecule has 1 aliphatic heterocycles. The Morgan fingerprint density at radius 1 is 0.969 bits per heavy atom. The zero-order valence-corrected chi connectivity index (χ0v) is 18.6. The fraction of sp³-hybridized carbons (Fsp3) is 0.167. The van der Waals surface area contributed by atoms with Crippen LogP contribution >= 0.6 is 23.2 Å². The summed E-state index contributed by atoms with van der Waals surface area (Å²) in [4.78, 5) is 22.4. The largest absolute Gasteiger partial charge is 0.378 e. The number of hydrogen-bond donors (Lipinski definition) is 2. The van der Waals surface area contributed by atoms with Gasteiger partial charge in [0.05, 0.1) is 34.3 Å². The van der Waals surface area contributed by atoms with Crippen molar-refractivity contribution in [3.63, 3.8) is 0 Å². The van der Waals surface area contributed by atoms with Crippen LogP contribution in [-0.2, 0) is 4.74 Å². The minimum absolute atomic E-state index is 0.205. The number of aromatic amines is 1. The molecule has 0 radical (unpaired) electrons. The van der Waals surface area contributed by atoms with E-state index in [0.717, 1.165) is 48.6 Å². The number of pyridine rings is 2. The van der Waals surface area contributed by atoms with Crippen LogP contribution in [0.1, 0.15) is 0 Å². The van der Waals surface area contributed by atoms with Crippen LogP contribution in [0, 0.1) is 0 Å². The van der Waals surface area contributed by atoms with E-state index in [1.54, 1.807) is 18.3 Å². The highest BCUT2D eigenvalue weighted by Gasteiger charge is 2.14. The topological polar surface area (TPSA) is 70.2 Å². The number of rotatable bonds is 4. The monoisotopic (exact) mass is 466 g/mol. The summed E-state index contributed by atoms with van der Waals surface area (Å²) in [5.41, 5.74) is 3.27. The molecule has 2 N–H and O–H groups in total. The van der Waals surface area contributed by atoms with Gasteiger partial charge >= 0.3 is 0 Å². The number of morpholine rings is 1. The van der Waals surface area contributed by atoms with Gasteiger partial charge in [0, 0.05) is 36.2 Å². The van der Waals surface area contributed by atoms with Crippen LogP contribution < -0.4 is 15.8 Å². The maximum Gasteiger partial charge on any atom is 0.259 e. The summed E-state index contributed by atoms with van der Waals surface area (Å²) in [5, 5.41) is 5.52. The molecule has 4 aromatic rings. The second-order valence-corrected chi connectivity index (χ2v) is 8.34. The minimum Gasteiger partial charge on any atom is -0.378 e. The standard InChI is InChI=1S/C24H20Cl2N4O2/c25-19-6-1-15(13-20(19)26)21-14-16-7-8-27-24(31)22(16)23(29-21)28-17-2-4-18(5-3-17)30-9-11-32-12-10-30/h1-8,13-14H,9-12H2,(H,27,31)(H,28,29). The average molecular weight is 467 g/mol. The molecule has 32 heavy (non-hydrogen) atoms. The number of aromatic nitrogens is 2. The van der Waals surface area contributed by atoms with Crippen molar-refractivity contribution in [1.82, 2.24) is 9.97 Å². The fourth-order valence-electron chi connectivity index (χ4n) is 3.82. The smallest absolute Gasteiger partial charge is 0.259 e. The number of hydrogen-bond acceptors (Lipinski definition) is 5. The number of ether oxygens (including phenoxy) is 1. The third-order valence-corrected chi connectivity index (χ3v) is 6.22. The predicted molar refractivity (Wildman–Crippen MR) is 131 cm³/mol. The summed E-state index contributed by atoms with van der Waals surface area (Å²) >= 11 is 12.3. The van der Waals surface area contributed by atoms with E-state index in [0.29, 0.717) is 26.9 Å². The van der Waals surface area contributed by atoms with Gasteiger partial charge in [-0.1, -0.05) is 29.3 Å². The number of nitrogens with zero attached hydrogens (tertiary/aromatic N) is 2. The van der Waals surface area contributed by atoms with Crippen molar-refractivity contribution in [3.8, 4) is 11.3 Å². The lowest BCUT2D eigenvalue weighted by Crippen LogP contribution is -2.36. The lowest BCUT2D eigenvalue weighted by molar-refractivity contribution is 0.122. The molecule has 5 rings (SSSR count). The lowest BCUT2D eigenvalue weighted by atomic mass is 10.1. The molecule has 2 aromatic heterocycles. The molecule has 6 nitrogen and oxygen atoms in total. The third kappa shape index (κ3) is 4.17. The number of anilines is 3. The van der Waals surface area contributed by atoms with Crippen molar-refractivity contribution in [2.24, 2.45) is 0 Å². The number of halogens is 2. The molecular formula is C24H20Cl2N4O2. The fourth-order valence-corrected chi connectivity index (χ4v) is 4.12. The molecule has 1 fully saturated rings. The van der Waals surface area contributed by atoms with E-state index in [-0.39, 0.29) is 5.56 Å². The van der Waals surface area contributed by atoms with E-state index in [1.807, 2.05) is 30.3 Å². The molecule has 0 amide bonds. The van der Waals surface area contributed by atoms with Crippen molar-refractivity contribution in [2.45, 2.75) is 0 Å². The molecule has 0 aliphatic carbocycles. The highest BCUT2D eigenvalue weighted by molar-refractivity contribution is 6.42. The zero-order chi connectivity index (χ0) is 22.1. The van der Waals surface area contributed by atoms with Crippen molar-refractivity contribution < 1.29 is 4.74 Å². The Morgan fingerprint density at radius 2 is 1.75 bits per heavy atom. The summed E-state index contributed by atoms with van der Waals surface area (Å²) in [7, 11) is 0. The summed E-state index contributed by atoms with van der Waals surface area (Å²) in [6, 6.07) is 17.2. The number of H-pyrrole nitrogens is 1. The SMILES string of the molecule is O=c1[nH]ccc2cc(-c3ccc(Cl)c(Cl)c3)nc(Nc3ccc(N4CCOCC4)cc3)c12. The molecule has 0 unspecified atom stereocenters. The predicted octanol–water partition coefficient (Wildman–Crippen LogP) is 5.48. The lowest BCUT2D eigenvalue weighted by Gasteiger charge is -2.28. The van der Waals surface area contributed by atoms with Gasteiger partial charge in [-0.25, -0.2) is 4.98 Å². The normalized spacial score (nSPS) is 14.0. The van der Waals surface area contributed by atoms with Gasteiger partial charge in [-0.3, -0.25) is 4.79 Å². The Kier molecular flexibility index (Phi) is 5.74. The molecule has 8 heteroatoms. The van der Waals surface area contributed by atoms with Gasteiger partial charge in [0.2, 0.25) is 0 Å². The minimum atomic E-state index is -0.205. The first-order valence-electron chi connectivity index (χ1n) is 10.3. The maximum absolute atomic E-state index is 12.6. The first kappa shape index (κ1) is 20.8. The highest BCUT2D eigenvalue weighted by Crippen LogP contribution is 2.32. The van der Waals surface area contributed by atoms with Gasteiger partial charge in [0.1, 0.15) is 5.82 Å². The average Bonchev–Trinajstić information content (AvgIpc) is 2.82. The molecule has 0 atom stereocenters. The molecule has 1 aliphatic rings. The Morgan fingerprint density at radius 3 is 2.50 bits per heavy atom. The third-order valence-electron chi connectivity index (χ3n) is 5.48. The van der Waals surface area contributed by atoms with E-state index in [1.165, 1.54) is 0 Å². The van der Waals surface area contributed by atoms with Crippen LogP contribution in [-0.4, -0.2) is 36.3 Å². The van der Waals surface area contributed by atoms with Crippen molar-refractivity contribution in [3.05, 3.63) is 81.2 Å². The van der Waals surface area contributed by atoms with Crippen LogP contribution in [0.5, 0.6) is 0 Å². The first-order chi connectivity index (χ1) is 15.6. The molecule has 0 spiro atoms. The second-order valence-electron chi connectivity index (χ2n) is 7.53. The second kappa shape index (κ2) is 8.82. The Bertz CT molecular complexity index is 1330. The van der Waals surface area contributed by atoms with Gasteiger partial charge in [-0.05, 0) is 53.9 Å². The van der Waals surface area contributed by atoms with Crippen LogP contribution in [0.2, 0.25) is 10.0 Å². The van der Waals surface area contributed by atoms with E-state index in [9.17, 15) is 4.79 Å². The summed E-state index contributed by atoms with van der Waals surface area (Å²) in [6.45, 7) is 3.22. The molecule has 2 aromatic carbocycles. The zero-order valence-electron chi connectivity index (χ0n) is 17.1. The molecule has 0 saturated carbocycles. The summed E-state index contributed by atoms with van der Waals surface area (Å²) < 4.78 is 5.43. The van der Waals surface area contributed by atoms with Crippen LogP contribution in [0.4, 0.5) is 17.2 Å². The van der Waals surface area contributed by atoms with E-state index >= 15 is 0 Å². The van der Waals surface area contributed by atoms with Crippen molar-refractivity contribution in [1.29, 1.82) is 0 Å². The van der Waals surface area contributed by atoms with Crippen LogP contribution in [0.25, 0.3) is 22.0 Å². The highest BCUT2D eigenvalue weighted by atomic mass is 35.5. The molecule has 0 bridgehead atoms. The van der Waals surface area contributed by atoms with Crippen molar-refractivity contribution >= 4 is 51.2 Å². The Hall–Kier alpha value is -3.06.